The van der Waals surface area contributed by atoms with Crippen LogP contribution in [-0.2, 0) is 13.1 Å². The number of hydrogen-bond donors (Lipinski definition) is 2. The Morgan fingerprint density at radius 1 is 1.19 bits per heavy atom. The zero-order valence-electron chi connectivity index (χ0n) is 20.9. The van der Waals surface area contributed by atoms with Gasteiger partial charge in [0.2, 0.25) is 0 Å². The van der Waals surface area contributed by atoms with E-state index >= 15 is 4.39 Å². The summed E-state index contributed by atoms with van der Waals surface area (Å²) in [5.41, 5.74) is 2.57. The molecule has 1 saturated heterocycles. The van der Waals surface area contributed by atoms with Gasteiger partial charge in [-0.15, -0.1) is 0 Å². The molecule has 2 aliphatic rings. The fourth-order valence-corrected chi connectivity index (χ4v) is 5.14. The number of nitrogens with one attached hydrogen (secondary N) is 2. The van der Waals surface area contributed by atoms with Crippen LogP contribution in [0, 0.1) is 12.7 Å². The van der Waals surface area contributed by atoms with Gasteiger partial charge >= 0.3 is 5.69 Å². The fourth-order valence-electron chi connectivity index (χ4n) is 5.14. The van der Waals surface area contributed by atoms with E-state index in [4.69, 9.17) is 0 Å². The van der Waals surface area contributed by atoms with Crippen LogP contribution >= 0.6 is 0 Å². The summed E-state index contributed by atoms with van der Waals surface area (Å²) >= 11 is 0. The number of aromatic amines is 1. The van der Waals surface area contributed by atoms with Gasteiger partial charge < -0.3 is 15.2 Å². The number of aryl methyl sites for hydroxylation is 1. The van der Waals surface area contributed by atoms with Gasteiger partial charge in [0.1, 0.15) is 5.69 Å². The van der Waals surface area contributed by atoms with Crippen LogP contribution in [0.3, 0.4) is 0 Å². The van der Waals surface area contributed by atoms with Crippen molar-refractivity contribution in [1.29, 1.82) is 0 Å². The number of halogens is 1. The molecule has 0 atom stereocenters. The third-order valence-electron chi connectivity index (χ3n) is 7.26. The second-order valence-electron chi connectivity index (χ2n) is 9.59. The number of piperazine rings is 1. The van der Waals surface area contributed by atoms with Gasteiger partial charge in [-0.3, -0.25) is 19.1 Å². The third-order valence-corrected chi connectivity index (χ3v) is 7.26. The number of pyridine rings is 1. The predicted octanol–water partition coefficient (Wildman–Crippen LogP) is 2.11. The molecule has 2 fully saturated rings. The molecule has 2 aromatic heterocycles. The van der Waals surface area contributed by atoms with Crippen molar-refractivity contribution in [3.8, 4) is 0 Å². The van der Waals surface area contributed by atoms with Crippen molar-refractivity contribution in [3.05, 3.63) is 67.4 Å². The molecule has 0 unspecified atom stereocenters. The maximum Gasteiger partial charge on any atom is 0.328 e. The molecular weight excluding hydrogens is 463 g/mol. The Hall–Kier alpha value is -3.53. The van der Waals surface area contributed by atoms with Crippen molar-refractivity contribution in [3.63, 3.8) is 0 Å². The van der Waals surface area contributed by atoms with Crippen LogP contribution in [0.5, 0.6) is 0 Å². The van der Waals surface area contributed by atoms with E-state index in [2.05, 4.69) is 25.1 Å². The Morgan fingerprint density at radius 2 is 1.92 bits per heavy atom. The van der Waals surface area contributed by atoms with E-state index in [-0.39, 0.29) is 23.9 Å². The second-order valence-corrected chi connectivity index (χ2v) is 9.59. The number of amides is 1. The number of carbonyl (C=O) groups is 1. The summed E-state index contributed by atoms with van der Waals surface area (Å²) in [6, 6.07) is 5.49. The number of H-pyrrole nitrogens is 1. The largest absolute Gasteiger partial charge is 0.368 e. The standard InChI is InChI=1S/C26H31FN6O3/c1-4-33-25(35)21-18(16-5-6-16)13-17(22(27)23(21)30-26(33)36)14-31-9-11-32(12-10-31)20-8-7-19(24(34)28-3)29-15(20)2/h7-8,13,16H,4-6,9-12,14H2,1-3H3,(H,28,34)(H,30,36). The van der Waals surface area contributed by atoms with Crippen LogP contribution in [0.25, 0.3) is 10.9 Å². The summed E-state index contributed by atoms with van der Waals surface area (Å²) in [4.78, 5) is 48.7. The lowest BCUT2D eigenvalue weighted by Gasteiger charge is -2.36. The molecule has 0 radical (unpaired) electrons. The second kappa shape index (κ2) is 9.50. The van der Waals surface area contributed by atoms with Crippen molar-refractivity contribution in [2.45, 2.75) is 45.7 Å². The summed E-state index contributed by atoms with van der Waals surface area (Å²) in [5.74, 6) is -0.493. The molecule has 0 bridgehead atoms. The fraction of sp³-hybridized carbons (Fsp3) is 0.462. The number of aromatic nitrogens is 3. The minimum absolute atomic E-state index is 0.0330. The summed E-state index contributed by atoms with van der Waals surface area (Å²) in [5, 5.41) is 2.90. The first-order valence-corrected chi connectivity index (χ1v) is 12.5. The molecule has 1 aliphatic carbocycles. The van der Waals surface area contributed by atoms with E-state index in [0.717, 1.165) is 60.5 Å². The van der Waals surface area contributed by atoms with E-state index < -0.39 is 17.1 Å². The van der Waals surface area contributed by atoms with Gasteiger partial charge in [0.25, 0.3) is 11.5 Å². The van der Waals surface area contributed by atoms with E-state index in [1.165, 1.54) is 0 Å². The molecular formula is C26H31FN6O3. The lowest BCUT2D eigenvalue weighted by Crippen LogP contribution is -2.46. The molecule has 1 saturated carbocycles. The van der Waals surface area contributed by atoms with Crippen LogP contribution in [-0.4, -0.2) is 58.6 Å². The van der Waals surface area contributed by atoms with Gasteiger partial charge in [-0.25, -0.2) is 14.2 Å². The molecule has 9 nitrogen and oxygen atoms in total. The van der Waals surface area contributed by atoms with E-state index in [1.54, 1.807) is 20.0 Å². The first-order valence-electron chi connectivity index (χ1n) is 12.5. The number of fused-ring (bicyclic) bond motifs is 1. The Morgan fingerprint density at radius 3 is 2.53 bits per heavy atom. The zero-order valence-corrected chi connectivity index (χ0v) is 20.9. The highest BCUT2D eigenvalue weighted by molar-refractivity contribution is 5.92. The van der Waals surface area contributed by atoms with Crippen molar-refractivity contribution < 1.29 is 9.18 Å². The van der Waals surface area contributed by atoms with Crippen LogP contribution < -0.4 is 21.5 Å². The van der Waals surface area contributed by atoms with Gasteiger partial charge in [0.15, 0.2) is 5.82 Å². The normalized spacial score (nSPS) is 16.5. The average molecular weight is 495 g/mol. The van der Waals surface area contributed by atoms with Crippen LogP contribution in [0.4, 0.5) is 10.1 Å². The number of rotatable bonds is 6. The van der Waals surface area contributed by atoms with E-state index in [0.29, 0.717) is 23.2 Å². The maximum atomic E-state index is 15.6. The molecule has 2 N–H and O–H groups in total. The average Bonchev–Trinajstić information content (AvgIpc) is 3.71. The molecule has 5 rings (SSSR count). The van der Waals surface area contributed by atoms with Crippen molar-refractivity contribution in [2.75, 3.05) is 38.1 Å². The lowest BCUT2D eigenvalue weighted by atomic mass is 10.00. The summed E-state index contributed by atoms with van der Waals surface area (Å²) < 4.78 is 16.7. The Labute approximate surface area is 207 Å². The number of hydrogen-bond acceptors (Lipinski definition) is 6. The predicted molar refractivity (Wildman–Crippen MR) is 136 cm³/mol. The quantitative estimate of drug-likeness (QED) is 0.544. The number of nitrogens with zero attached hydrogens (tertiary/aromatic N) is 4. The molecule has 3 aromatic rings. The first kappa shape index (κ1) is 24.2. The monoisotopic (exact) mass is 494 g/mol. The summed E-state index contributed by atoms with van der Waals surface area (Å²) in [7, 11) is 1.58. The van der Waals surface area contributed by atoms with Gasteiger partial charge in [0, 0.05) is 51.9 Å². The maximum absolute atomic E-state index is 15.6. The SMILES string of the molecule is CCn1c(=O)[nH]c2c(F)c(CN3CCN(c4ccc(C(=O)NC)nc4C)CC3)cc(C3CC3)c2c1=O. The van der Waals surface area contributed by atoms with Gasteiger partial charge in [-0.2, -0.15) is 0 Å². The van der Waals surface area contributed by atoms with Gasteiger partial charge in [0.05, 0.1) is 22.3 Å². The van der Waals surface area contributed by atoms with Crippen LogP contribution in [0.2, 0.25) is 0 Å². The summed E-state index contributed by atoms with van der Waals surface area (Å²) in [6.07, 6.45) is 1.94. The smallest absolute Gasteiger partial charge is 0.328 e. The highest BCUT2D eigenvalue weighted by Gasteiger charge is 2.30. The van der Waals surface area contributed by atoms with Crippen LogP contribution in [0.1, 0.15) is 53.0 Å². The summed E-state index contributed by atoms with van der Waals surface area (Å²) in [6.45, 7) is 7.20. The number of anilines is 1. The zero-order chi connectivity index (χ0) is 25.6. The topological polar surface area (TPSA) is 103 Å². The number of benzene rings is 1. The first-order chi connectivity index (χ1) is 17.3. The highest BCUT2D eigenvalue weighted by Crippen LogP contribution is 2.43. The van der Waals surface area contributed by atoms with Gasteiger partial charge in [-0.1, -0.05) is 6.07 Å². The molecule has 1 amide bonds. The molecule has 10 heteroatoms. The van der Waals surface area contributed by atoms with Gasteiger partial charge in [-0.05, 0) is 50.3 Å². The Kier molecular flexibility index (Phi) is 6.38. The molecule has 1 aromatic carbocycles. The minimum atomic E-state index is -0.576. The number of carbonyl (C=O) groups excluding carboxylic acids is 1. The molecule has 190 valence electrons. The molecule has 3 heterocycles. The van der Waals surface area contributed by atoms with Crippen molar-refractivity contribution in [1.82, 2.24) is 24.8 Å². The minimum Gasteiger partial charge on any atom is -0.368 e. The molecule has 0 spiro atoms. The van der Waals surface area contributed by atoms with E-state index in [9.17, 15) is 14.4 Å². The molecule has 36 heavy (non-hydrogen) atoms. The third kappa shape index (κ3) is 4.30. The van der Waals surface area contributed by atoms with Crippen molar-refractivity contribution >= 4 is 22.5 Å². The Balaban J connectivity index is 1.37. The molecule has 1 aliphatic heterocycles. The Bertz CT molecular complexity index is 1450. The van der Waals surface area contributed by atoms with E-state index in [1.807, 2.05) is 19.1 Å². The van der Waals surface area contributed by atoms with Crippen molar-refractivity contribution in [2.24, 2.45) is 0 Å². The highest BCUT2D eigenvalue weighted by atomic mass is 19.1. The van der Waals surface area contributed by atoms with Crippen LogP contribution in [0.15, 0.2) is 27.8 Å². The lowest BCUT2D eigenvalue weighted by molar-refractivity contribution is 0.0958.